The predicted octanol–water partition coefficient (Wildman–Crippen LogP) is 3.09. The van der Waals surface area contributed by atoms with Crippen LogP contribution >= 0.6 is 0 Å². The minimum atomic E-state index is -0.413. The Bertz CT molecular complexity index is 532. The van der Waals surface area contributed by atoms with E-state index in [2.05, 4.69) is 10.2 Å². The van der Waals surface area contributed by atoms with E-state index in [1.165, 1.54) is 12.1 Å². The van der Waals surface area contributed by atoms with E-state index in [0.717, 1.165) is 32.0 Å². The number of hydrogen-bond donors (Lipinski definition) is 1. The van der Waals surface area contributed by atoms with E-state index >= 15 is 0 Å². The van der Waals surface area contributed by atoms with Crippen LogP contribution in [0.2, 0.25) is 0 Å². The van der Waals surface area contributed by atoms with Gasteiger partial charge in [0.25, 0.3) is 0 Å². The van der Waals surface area contributed by atoms with Crippen molar-refractivity contribution in [2.45, 2.75) is 46.2 Å². The number of rotatable bonds is 3. The van der Waals surface area contributed by atoms with Crippen molar-refractivity contribution >= 4 is 5.91 Å². The number of hydrogen-bond acceptors (Lipinski definition) is 2. The highest BCUT2D eigenvalue weighted by atomic mass is 19.1. The first-order valence-electron chi connectivity index (χ1n) is 7.73. The Balaban J connectivity index is 1.85. The van der Waals surface area contributed by atoms with Gasteiger partial charge in [-0.25, -0.2) is 8.78 Å². The van der Waals surface area contributed by atoms with Crippen molar-refractivity contribution in [1.82, 2.24) is 10.2 Å². The van der Waals surface area contributed by atoms with Gasteiger partial charge in [-0.1, -0.05) is 20.8 Å². The van der Waals surface area contributed by atoms with Gasteiger partial charge < -0.3 is 5.32 Å². The molecule has 1 amide bonds. The molecule has 3 nitrogen and oxygen atoms in total. The van der Waals surface area contributed by atoms with Crippen LogP contribution in [0.3, 0.4) is 0 Å². The molecule has 22 heavy (non-hydrogen) atoms. The molecule has 1 aromatic carbocycles. The van der Waals surface area contributed by atoms with Crippen LogP contribution < -0.4 is 5.32 Å². The van der Waals surface area contributed by atoms with Crippen LogP contribution in [0.25, 0.3) is 0 Å². The van der Waals surface area contributed by atoms with E-state index in [4.69, 9.17) is 0 Å². The molecule has 0 unspecified atom stereocenters. The molecule has 0 aliphatic carbocycles. The second-order valence-electron chi connectivity index (χ2n) is 7.01. The second kappa shape index (κ2) is 6.73. The standard InChI is InChI=1S/C17H24F2N2O/c1-17(2,3)16(22)20-14-6-8-21(9-7-14)11-12-10-13(18)4-5-15(12)19/h4-5,10,14H,6-9,11H2,1-3H3,(H,20,22). The van der Waals surface area contributed by atoms with Gasteiger partial charge in [0.1, 0.15) is 11.6 Å². The molecule has 1 N–H and O–H groups in total. The molecule has 0 radical (unpaired) electrons. The lowest BCUT2D eigenvalue weighted by atomic mass is 9.94. The van der Waals surface area contributed by atoms with Crippen molar-refractivity contribution in [3.63, 3.8) is 0 Å². The maximum absolute atomic E-state index is 13.7. The third-order valence-corrected chi connectivity index (χ3v) is 4.01. The number of carbonyl (C=O) groups excluding carboxylic acids is 1. The molecule has 0 spiro atoms. The van der Waals surface area contributed by atoms with Crippen LogP contribution in [0.5, 0.6) is 0 Å². The molecule has 1 aliphatic rings. The average molecular weight is 310 g/mol. The van der Waals surface area contributed by atoms with Crippen molar-refractivity contribution in [2.24, 2.45) is 5.41 Å². The number of halogens is 2. The summed E-state index contributed by atoms with van der Waals surface area (Å²) in [7, 11) is 0. The van der Waals surface area contributed by atoms with Gasteiger partial charge >= 0.3 is 0 Å². The fraction of sp³-hybridized carbons (Fsp3) is 0.588. The zero-order valence-electron chi connectivity index (χ0n) is 13.5. The maximum Gasteiger partial charge on any atom is 0.225 e. The SMILES string of the molecule is CC(C)(C)C(=O)NC1CCN(Cc2cc(F)ccc2F)CC1. The average Bonchev–Trinajstić information content (AvgIpc) is 2.44. The Kier molecular flexibility index (Phi) is 5.16. The summed E-state index contributed by atoms with van der Waals surface area (Å²) >= 11 is 0. The Labute approximate surface area is 130 Å². The first kappa shape index (κ1) is 16.9. The van der Waals surface area contributed by atoms with Crippen molar-refractivity contribution in [2.75, 3.05) is 13.1 Å². The molecule has 1 aliphatic heterocycles. The highest BCUT2D eigenvalue weighted by Gasteiger charge is 2.26. The summed E-state index contributed by atoms with van der Waals surface area (Å²) in [5.74, 6) is -0.726. The fourth-order valence-electron chi connectivity index (χ4n) is 2.54. The Morgan fingerprint density at radius 3 is 2.50 bits per heavy atom. The Morgan fingerprint density at radius 2 is 1.91 bits per heavy atom. The summed E-state index contributed by atoms with van der Waals surface area (Å²) in [5.41, 5.74) is -0.000800. The first-order chi connectivity index (χ1) is 10.3. The smallest absolute Gasteiger partial charge is 0.225 e. The van der Waals surface area contributed by atoms with Crippen LogP contribution in [-0.2, 0) is 11.3 Å². The zero-order chi connectivity index (χ0) is 16.3. The maximum atomic E-state index is 13.7. The summed E-state index contributed by atoms with van der Waals surface area (Å²) in [5, 5.41) is 3.06. The van der Waals surface area contributed by atoms with E-state index in [1.807, 2.05) is 20.8 Å². The largest absolute Gasteiger partial charge is 0.353 e. The highest BCUT2D eigenvalue weighted by Crippen LogP contribution is 2.19. The summed E-state index contributed by atoms with van der Waals surface area (Å²) in [6.07, 6.45) is 1.66. The highest BCUT2D eigenvalue weighted by molar-refractivity contribution is 5.81. The molecule has 1 saturated heterocycles. The van der Waals surface area contributed by atoms with Crippen molar-refractivity contribution in [3.05, 3.63) is 35.4 Å². The van der Waals surface area contributed by atoms with E-state index in [1.54, 1.807) is 0 Å². The third-order valence-electron chi connectivity index (χ3n) is 4.01. The van der Waals surface area contributed by atoms with Gasteiger partial charge in [-0.2, -0.15) is 0 Å². The fourth-order valence-corrected chi connectivity index (χ4v) is 2.54. The molecule has 1 fully saturated rings. The van der Waals surface area contributed by atoms with E-state index in [-0.39, 0.29) is 23.2 Å². The van der Waals surface area contributed by atoms with Crippen LogP contribution in [0.4, 0.5) is 8.78 Å². The molecular weight excluding hydrogens is 286 g/mol. The molecule has 1 heterocycles. The lowest BCUT2D eigenvalue weighted by Gasteiger charge is -2.33. The quantitative estimate of drug-likeness (QED) is 0.930. The number of likely N-dealkylation sites (tertiary alicyclic amines) is 1. The molecular formula is C17H24F2N2O. The molecule has 0 bridgehead atoms. The summed E-state index contributed by atoms with van der Waals surface area (Å²) < 4.78 is 26.8. The predicted molar refractivity (Wildman–Crippen MR) is 82.3 cm³/mol. The summed E-state index contributed by atoms with van der Waals surface area (Å²) in [6.45, 7) is 7.62. The molecule has 0 aromatic heterocycles. The van der Waals surface area contributed by atoms with Gasteiger partial charge in [0.05, 0.1) is 0 Å². The number of amides is 1. The first-order valence-corrected chi connectivity index (χ1v) is 7.73. The molecule has 5 heteroatoms. The number of carbonyl (C=O) groups is 1. The van der Waals surface area contributed by atoms with Gasteiger partial charge in [0, 0.05) is 36.7 Å². The van der Waals surface area contributed by atoms with Gasteiger partial charge in [-0.3, -0.25) is 9.69 Å². The van der Waals surface area contributed by atoms with Crippen molar-refractivity contribution in [3.8, 4) is 0 Å². The van der Waals surface area contributed by atoms with Crippen LogP contribution in [-0.4, -0.2) is 29.9 Å². The molecule has 2 rings (SSSR count). The van der Waals surface area contributed by atoms with E-state index in [9.17, 15) is 13.6 Å². The zero-order valence-corrected chi connectivity index (χ0v) is 13.5. The minimum absolute atomic E-state index is 0.0575. The molecule has 122 valence electrons. The van der Waals surface area contributed by atoms with Crippen molar-refractivity contribution < 1.29 is 13.6 Å². The topological polar surface area (TPSA) is 32.3 Å². The summed E-state index contributed by atoms with van der Waals surface area (Å²) in [4.78, 5) is 14.1. The van der Waals surface area contributed by atoms with E-state index in [0.29, 0.717) is 12.1 Å². The molecule has 0 atom stereocenters. The van der Waals surface area contributed by atoms with Crippen LogP contribution in [0.1, 0.15) is 39.2 Å². The van der Waals surface area contributed by atoms with Gasteiger partial charge in [0.2, 0.25) is 5.91 Å². The van der Waals surface area contributed by atoms with Crippen LogP contribution in [0, 0.1) is 17.0 Å². The minimum Gasteiger partial charge on any atom is -0.353 e. The third kappa shape index (κ3) is 4.50. The number of nitrogens with one attached hydrogen (secondary N) is 1. The monoisotopic (exact) mass is 310 g/mol. The lowest BCUT2D eigenvalue weighted by molar-refractivity contribution is -0.129. The Morgan fingerprint density at radius 1 is 1.27 bits per heavy atom. The Hall–Kier alpha value is -1.49. The second-order valence-corrected chi connectivity index (χ2v) is 7.01. The van der Waals surface area contributed by atoms with Gasteiger partial charge in [-0.15, -0.1) is 0 Å². The molecule has 1 aromatic rings. The van der Waals surface area contributed by atoms with Crippen LogP contribution in [0.15, 0.2) is 18.2 Å². The number of piperidine rings is 1. The lowest BCUT2D eigenvalue weighted by Crippen LogP contribution is -2.47. The van der Waals surface area contributed by atoms with Crippen molar-refractivity contribution in [1.29, 1.82) is 0 Å². The summed E-state index contributed by atoms with van der Waals surface area (Å²) in [6, 6.07) is 3.72. The molecule has 0 saturated carbocycles. The van der Waals surface area contributed by atoms with E-state index < -0.39 is 5.82 Å². The van der Waals surface area contributed by atoms with Gasteiger partial charge in [0.15, 0.2) is 0 Å². The number of nitrogens with zero attached hydrogens (tertiary/aromatic N) is 1. The number of benzene rings is 1. The normalized spacial score (nSPS) is 17.5. The van der Waals surface area contributed by atoms with Gasteiger partial charge in [-0.05, 0) is 31.0 Å².